The smallest absolute Gasteiger partial charge is 0.239 e. The maximum Gasteiger partial charge on any atom is 0.239 e. The lowest BCUT2D eigenvalue weighted by Gasteiger charge is -2.38. The van der Waals surface area contributed by atoms with Crippen LogP contribution in [0.3, 0.4) is 0 Å². The van der Waals surface area contributed by atoms with E-state index in [1.165, 1.54) is 25.8 Å². The van der Waals surface area contributed by atoms with Crippen molar-refractivity contribution in [1.29, 1.82) is 0 Å². The highest BCUT2D eigenvalue weighted by atomic mass is 16.2. The molecule has 2 aliphatic rings. The van der Waals surface area contributed by atoms with Gasteiger partial charge in [0, 0.05) is 32.2 Å². The Morgan fingerprint density at radius 2 is 1.94 bits per heavy atom. The van der Waals surface area contributed by atoms with Crippen molar-refractivity contribution in [2.75, 3.05) is 32.7 Å². The van der Waals surface area contributed by atoms with E-state index in [1.807, 2.05) is 0 Å². The van der Waals surface area contributed by atoms with Gasteiger partial charge in [-0.3, -0.25) is 9.69 Å². The lowest BCUT2D eigenvalue weighted by atomic mass is 9.98. The minimum absolute atomic E-state index is 0.0754. The summed E-state index contributed by atoms with van der Waals surface area (Å²) in [7, 11) is 0. The van der Waals surface area contributed by atoms with Crippen LogP contribution in [-0.2, 0) is 4.79 Å². The van der Waals surface area contributed by atoms with Crippen LogP contribution in [-0.4, -0.2) is 60.5 Å². The second-order valence-electron chi connectivity index (χ2n) is 5.72. The Balaban J connectivity index is 1.80. The van der Waals surface area contributed by atoms with E-state index in [0.717, 1.165) is 32.6 Å². The van der Waals surface area contributed by atoms with Gasteiger partial charge in [-0.25, -0.2) is 0 Å². The molecule has 2 aliphatic heterocycles. The molecule has 0 bridgehead atoms. The summed E-state index contributed by atoms with van der Waals surface area (Å²) in [6, 6.07) is 0.570. The fraction of sp³-hybridized carbons (Fsp3) is 0.929. The van der Waals surface area contributed by atoms with E-state index in [1.54, 1.807) is 0 Å². The average molecular weight is 253 g/mol. The number of hydrogen-bond donors (Lipinski definition) is 1. The van der Waals surface area contributed by atoms with Crippen LogP contribution in [0.25, 0.3) is 0 Å². The molecule has 0 aromatic heterocycles. The van der Waals surface area contributed by atoms with Gasteiger partial charge in [-0.05, 0) is 39.2 Å². The molecule has 0 spiro atoms. The lowest BCUT2D eigenvalue weighted by molar-refractivity contribution is -0.136. The van der Waals surface area contributed by atoms with Gasteiger partial charge in [0.2, 0.25) is 5.91 Å². The Morgan fingerprint density at radius 1 is 1.22 bits per heavy atom. The van der Waals surface area contributed by atoms with E-state index in [-0.39, 0.29) is 6.04 Å². The molecule has 2 rings (SSSR count). The van der Waals surface area contributed by atoms with Crippen molar-refractivity contribution in [2.24, 2.45) is 0 Å². The molecule has 2 saturated heterocycles. The largest absolute Gasteiger partial charge is 0.339 e. The summed E-state index contributed by atoms with van der Waals surface area (Å²) < 4.78 is 0. The van der Waals surface area contributed by atoms with Crippen molar-refractivity contribution in [3.05, 3.63) is 0 Å². The van der Waals surface area contributed by atoms with E-state index < -0.39 is 0 Å². The van der Waals surface area contributed by atoms with Crippen LogP contribution in [0.15, 0.2) is 0 Å². The van der Waals surface area contributed by atoms with Crippen molar-refractivity contribution < 1.29 is 4.79 Å². The summed E-state index contributed by atoms with van der Waals surface area (Å²) in [6.07, 6.45) is 4.60. The standard InChI is InChI=1S/C14H27N3O/c1-3-7-16-8-10-17(11-9-16)14(18)13-6-4-5-12(2)15-13/h12-13,15H,3-11H2,1-2H3. The summed E-state index contributed by atoms with van der Waals surface area (Å²) >= 11 is 0. The molecule has 0 radical (unpaired) electrons. The highest BCUT2D eigenvalue weighted by molar-refractivity contribution is 5.82. The van der Waals surface area contributed by atoms with Gasteiger partial charge in [-0.15, -0.1) is 0 Å². The predicted octanol–water partition coefficient (Wildman–Crippen LogP) is 1.07. The van der Waals surface area contributed by atoms with Gasteiger partial charge in [0.1, 0.15) is 0 Å². The molecule has 0 saturated carbocycles. The molecule has 1 amide bonds. The van der Waals surface area contributed by atoms with E-state index in [9.17, 15) is 4.79 Å². The topological polar surface area (TPSA) is 35.6 Å². The van der Waals surface area contributed by atoms with Crippen LogP contribution in [0.2, 0.25) is 0 Å². The number of piperazine rings is 1. The molecule has 2 heterocycles. The summed E-state index contributed by atoms with van der Waals surface area (Å²) in [6.45, 7) is 9.46. The van der Waals surface area contributed by atoms with Gasteiger partial charge >= 0.3 is 0 Å². The predicted molar refractivity (Wildman–Crippen MR) is 73.5 cm³/mol. The zero-order valence-electron chi connectivity index (χ0n) is 11.8. The first-order valence-electron chi connectivity index (χ1n) is 7.48. The second kappa shape index (κ2) is 6.53. The van der Waals surface area contributed by atoms with Crippen LogP contribution in [0.4, 0.5) is 0 Å². The number of nitrogens with zero attached hydrogens (tertiary/aromatic N) is 2. The van der Waals surface area contributed by atoms with Crippen LogP contribution in [0.1, 0.15) is 39.5 Å². The van der Waals surface area contributed by atoms with Gasteiger partial charge in [0.05, 0.1) is 6.04 Å². The number of hydrogen-bond acceptors (Lipinski definition) is 3. The van der Waals surface area contributed by atoms with Crippen LogP contribution in [0, 0.1) is 0 Å². The molecule has 0 aromatic rings. The lowest BCUT2D eigenvalue weighted by Crippen LogP contribution is -2.56. The highest BCUT2D eigenvalue weighted by Gasteiger charge is 2.29. The van der Waals surface area contributed by atoms with Crippen LogP contribution in [0.5, 0.6) is 0 Å². The summed E-state index contributed by atoms with van der Waals surface area (Å²) in [5.41, 5.74) is 0. The molecule has 2 fully saturated rings. The zero-order valence-corrected chi connectivity index (χ0v) is 11.8. The maximum absolute atomic E-state index is 12.4. The first-order chi connectivity index (χ1) is 8.70. The number of rotatable bonds is 3. The van der Waals surface area contributed by atoms with E-state index in [4.69, 9.17) is 0 Å². The van der Waals surface area contributed by atoms with Crippen molar-refractivity contribution in [3.8, 4) is 0 Å². The van der Waals surface area contributed by atoms with Crippen LogP contribution < -0.4 is 5.32 Å². The summed E-state index contributed by atoms with van der Waals surface area (Å²) in [5.74, 6) is 0.331. The summed E-state index contributed by atoms with van der Waals surface area (Å²) in [4.78, 5) is 16.9. The Hall–Kier alpha value is -0.610. The van der Waals surface area contributed by atoms with E-state index in [0.29, 0.717) is 11.9 Å². The maximum atomic E-state index is 12.4. The first kappa shape index (κ1) is 13.8. The molecule has 2 atom stereocenters. The Bertz CT molecular complexity index is 274. The molecule has 104 valence electrons. The van der Waals surface area contributed by atoms with Crippen molar-refractivity contribution in [2.45, 2.75) is 51.6 Å². The van der Waals surface area contributed by atoms with E-state index >= 15 is 0 Å². The van der Waals surface area contributed by atoms with Crippen molar-refractivity contribution in [1.82, 2.24) is 15.1 Å². The number of carbonyl (C=O) groups excluding carboxylic acids is 1. The molecule has 18 heavy (non-hydrogen) atoms. The van der Waals surface area contributed by atoms with E-state index in [2.05, 4.69) is 29.0 Å². The molecule has 2 unspecified atom stereocenters. The number of nitrogens with one attached hydrogen (secondary N) is 1. The second-order valence-corrected chi connectivity index (χ2v) is 5.72. The zero-order chi connectivity index (χ0) is 13.0. The monoisotopic (exact) mass is 253 g/mol. The quantitative estimate of drug-likeness (QED) is 0.817. The van der Waals surface area contributed by atoms with Crippen molar-refractivity contribution >= 4 is 5.91 Å². The minimum Gasteiger partial charge on any atom is -0.339 e. The van der Waals surface area contributed by atoms with Gasteiger partial charge in [-0.2, -0.15) is 0 Å². The third kappa shape index (κ3) is 3.45. The van der Waals surface area contributed by atoms with Crippen molar-refractivity contribution in [3.63, 3.8) is 0 Å². The normalized spacial score (nSPS) is 30.4. The average Bonchev–Trinajstić information content (AvgIpc) is 2.39. The Kier molecular flexibility index (Phi) is 5.01. The molecule has 1 N–H and O–H groups in total. The SMILES string of the molecule is CCCN1CCN(C(=O)C2CCCC(C)N2)CC1. The van der Waals surface area contributed by atoms with Gasteiger partial charge < -0.3 is 10.2 Å². The summed E-state index contributed by atoms with van der Waals surface area (Å²) in [5, 5.41) is 3.44. The highest BCUT2D eigenvalue weighted by Crippen LogP contribution is 2.15. The molecule has 4 nitrogen and oxygen atoms in total. The minimum atomic E-state index is 0.0754. The van der Waals surface area contributed by atoms with Gasteiger partial charge in [-0.1, -0.05) is 6.92 Å². The fourth-order valence-corrected chi connectivity index (χ4v) is 3.06. The number of amides is 1. The van der Waals surface area contributed by atoms with Crippen LogP contribution >= 0.6 is 0 Å². The van der Waals surface area contributed by atoms with Gasteiger partial charge in [0.25, 0.3) is 0 Å². The third-order valence-corrected chi connectivity index (χ3v) is 4.14. The molecule has 0 aromatic carbocycles. The third-order valence-electron chi connectivity index (χ3n) is 4.14. The number of piperidine rings is 1. The molecule has 4 heteroatoms. The molecule has 0 aliphatic carbocycles. The number of carbonyl (C=O) groups is 1. The first-order valence-corrected chi connectivity index (χ1v) is 7.48. The molecular weight excluding hydrogens is 226 g/mol. The van der Waals surface area contributed by atoms with Gasteiger partial charge in [0.15, 0.2) is 0 Å². The molecular formula is C14H27N3O. The fourth-order valence-electron chi connectivity index (χ4n) is 3.06. The Labute approximate surface area is 111 Å². The Morgan fingerprint density at radius 3 is 2.56 bits per heavy atom.